The van der Waals surface area contributed by atoms with Crippen molar-refractivity contribution in [3.8, 4) is 0 Å². The highest BCUT2D eigenvalue weighted by atomic mass is 14.5. The van der Waals surface area contributed by atoms with E-state index in [1.807, 2.05) is 0 Å². The van der Waals surface area contributed by atoms with E-state index < -0.39 is 0 Å². The Morgan fingerprint density at radius 2 is 1.92 bits per heavy atom. The van der Waals surface area contributed by atoms with Gasteiger partial charge in [0.05, 0.1) is 0 Å². The summed E-state index contributed by atoms with van der Waals surface area (Å²) >= 11 is 0. The molecule has 0 aliphatic heterocycles. The van der Waals surface area contributed by atoms with Crippen LogP contribution in [-0.2, 0) is 0 Å². The Labute approximate surface area is 77.7 Å². The van der Waals surface area contributed by atoms with Gasteiger partial charge in [0.1, 0.15) is 0 Å². The summed E-state index contributed by atoms with van der Waals surface area (Å²) in [5.74, 6) is 2.82. The third kappa shape index (κ3) is 1.67. The molecule has 0 bridgehead atoms. The van der Waals surface area contributed by atoms with Crippen LogP contribution in [-0.4, -0.2) is 0 Å². The van der Waals surface area contributed by atoms with Gasteiger partial charge in [0.25, 0.3) is 0 Å². The first-order valence-corrected chi connectivity index (χ1v) is 5.49. The summed E-state index contributed by atoms with van der Waals surface area (Å²) in [6.45, 7) is 12.0. The monoisotopic (exact) mass is 168 g/mol. The van der Waals surface area contributed by atoms with Gasteiger partial charge in [-0.1, -0.05) is 41.0 Å². The second-order valence-corrected chi connectivity index (χ2v) is 5.36. The van der Waals surface area contributed by atoms with Gasteiger partial charge in [-0.05, 0) is 36.0 Å². The van der Waals surface area contributed by atoms with Crippen molar-refractivity contribution in [1.82, 2.24) is 0 Å². The molecule has 0 spiro atoms. The minimum absolute atomic E-state index is 0.639. The second kappa shape index (κ2) is 3.40. The molecule has 0 aromatic rings. The Bertz CT molecular complexity index is 148. The lowest BCUT2D eigenvalue weighted by atomic mass is 9.77. The molecule has 0 aromatic heterocycles. The smallest absolute Gasteiger partial charge is 0.0297 e. The molecule has 1 aliphatic rings. The Balaban J connectivity index is 2.63. The number of hydrogen-bond acceptors (Lipinski definition) is 0. The average Bonchev–Trinajstić information content (AvgIpc) is 2.27. The van der Waals surface area contributed by atoms with Crippen LogP contribution in [0.25, 0.3) is 0 Å². The fraction of sp³-hybridized carbons (Fsp3) is 1.00. The molecule has 0 heteroatoms. The van der Waals surface area contributed by atoms with E-state index in [-0.39, 0.29) is 0 Å². The summed E-state index contributed by atoms with van der Waals surface area (Å²) in [7, 11) is 0. The normalized spacial score (nSPS) is 42.5. The van der Waals surface area contributed by atoms with E-state index in [0.717, 1.165) is 17.8 Å². The van der Waals surface area contributed by atoms with Crippen LogP contribution in [0.3, 0.4) is 0 Å². The topological polar surface area (TPSA) is 0 Å². The van der Waals surface area contributed by atoms with Crippen molar-refractivity contribution >= 4 is 0 Å². The van der Waals surface area contributed by atoms with Gasteiger partial charge in [0.15, 0.2) is 0 Å². The highest BCUT2D eigenvalue weighted by molar-refractivity contribution is 4.90. The molecular formula is C12H24. The molecule has 0 saturated heterocycles. The molecule has 0 aromatic carbocycles. The predicted octanol–water partition coefficient (Wildman–Crippen LogP) is 4.10. The van der Waals surface area contributed by atoms with Gasteiger partial charge in [-0.2, -0.15) is 0 Å². The predicted molar refractivity (Wildman–Crippen MR) is 55.1 cm³/mol. The van der Waals surface area contributed by atoms with Crippen LogP contribution in [0, 0.1) is 23.2 Å². The van der Waals surface area contributed by atoms with Crippen molar-refractivity contribution in [1.29, 1.82) is 0 Å². The van der Waals surface area contributed by atoms with E-state index >= 15 is 0 Å². The van der Waals surface area contributed by atoms with Crippen LogP contribution in [0.1, 0.15) is 53.9 Å². The van der Waals surface area contributed by atoms with E-state index in [1.165, 1.54) is 19.3 Å². The van der Waals surface area contributed by atoms with Gasteiger partial charge in [-0.3, -0.25) is 0 Å². The van der Waals surface area contributed by atoms with E-state index in [2.05, 4.69) is 34.6 Å². The van der Waals surface area contributed by atoms with E-state index in [9.17, 15) is 0 Å². The van der Waals surface area contributed by atoms with Gasteiger partial charge in [0.2, 0.25) is 0 Å². The molecule has 3 unspecified atom stereocenters. The summed E-state index contributed by atoms with van der Waals surface area (Å²) < 4.78 is 0. The summed E-state index contributed by atoms with van der Waals surface area (Å²) in [6.07, 6.45) is 4.29. The zero-order valence-corrected chi connectivity index (χ0v) is 9.35. The minimum atomic E-state index is 0.639. The number of hydrogen-bond donors (Lipinski definition) is 0. The summed E-state index contributed by atoms with van der Waals surface area (Å²) in [5.41, 5.74) is 0.639. The van der Waals surface area contributed by atoms with Gasteiger partial charge in [-0.25, -0.2) is 0 Å². The summed E-state index contributed by atoms with van der Waals surface area (Å²) in [5, 5.41) is 0. The fourth-order valence-electron chi connectivity index (χ4n) is 2.80. The Hall–Kier alpha value is 0. The molecular weight excluding hydrogens is 144 g/mol. The SMILES string of the molecule is CCC1CC(C)(C(C)C)CC1C. The van der Waals surface area contributed by atoms with Crippen molar-refractivity contribution in [3.63, 3.8) is 0 Å². The van der Waals surface area contributed by atoms with E-state index in [1.54, 1.807) is 0 Å². The molecule has 0 amide bonds. The fourth-order valence-corrected chi connectivity index (χ4v) is 2.80. The Kier molecular flexibility index (Phi) is 2.85. The van der Waals surface area contributed by atoms with Crippen LogP contribution in [0.4, 0.5) is 0 Å². The van der Waals surface area contributed by atoms with Crippen LogP contribution in [0.5, 0.6) is 0 Å². The molecule has 3 atom stereocenters. The quantitative estimate of drug-likeness (QED) is 0.582. The van der Waals surface area contributed by atoms with Crippen molar-refractivity contribution in [3.05, 3.63) is 0 Å². The zero-order valence-electron chi connectivity index (χ0n) is 9.35. The molecule has 1 rings (SSSR count). The highest BCUT2D eigenvalue weighted by Gasteiger charge is 2.40. The van der Waals surface area contributed by atoms with Gasteiger partial charge < -0.3 is 0 Å². The summed E-state index contributed by atoms with van der Waals surface area (Å²) in [4.78, 5) is 0. The molecule has 1 fully saturated rings. The third-order valence-corrected chi connectivity index (χ3v) is 4.24. The number of rotatable bonds is 2. The Morgan fingerprint density at radius 3 is 2.17 bits per heavy atom. The maximum atomic E-state index is 2.48. The lowest BCUT2D eigenvalue weighted by molar-refractivity contribution is 0.214. The molecule has 0 heterocycles. The van der Waals surface area contributed by atoms with Crippen molar-refractivity contribution < 1.29 is 0 Å². The van der Waals surface area contributed by atoms with Crippen LogP contribution in [0.2, 0.25) is 0 Å². The summed E-state index contributed by atoms with van der Waals surface area (Å²) in [6, 6.07) is 0. The van der Waals surface area contributed by atoms with Gasteiger partial charge in [0, 0.05) is 0 Å². The first-order valence-electron chi connectivity index (χ1n) is 5.49. The molecule has 1 aliphatic carbocycles. The van der Waals surface area contributed by atoms with Crippen LogP contribution >= 0.6 is 0 Å². The van der Waals surface area contributed by atoms with E-state index in [0.29, 0.717) is 5.41 Å². The minimum Gasteiger partial charge on any atom is -0.0651 e. The molecule has 0 nitrogen and oxygen atoms in total. The van der Waals surface area contributed by atoms with Crippen LogP contribution in [0.15, 0.2) is 0 Å². The molecule has 1 saturated carbocycles. The lowest BCUT2D eigenvalue weighted by Crippen LogP contribution is -2.19. The molecule has 72 valence electrons. The maximum Gasteiger partial charge on any atom is -0.0297 e. The van der Waals surface area contributed by atoms with Gasteiger partial charge >= 0.3 is 0 Å². The van der Waals surface area contributed by atoms with E-state index in [4.69, 9.17) is 0 Å². The van der Waals surface area contributed by atoms with Crippen molar-refractivity contribution in [2.24, 2.45) is 23.2 Å². The zero-order chi connectivity index (χ0) is 9.35. The lowest BCUT2D eigenvalue weighted by Gasteiger charge is -2.29. The maximum absolute atomic E-state index is 2.48. The Morgan fingerprint density at radius 1 is 1.33 bits per heavy atom. The van der Waals surface area contributed by atoms with Crippen molar-refractivity contribution in [2.75, 3.05) is 0 Å². The standard InChI is InChI=1S/C12H24/c1-6-11-8-12(5,9(2)3)7-10(11)4/h9-11H,6-8H2,1-5H3. The molecule has 12 heavy (non-hydrogen) atoms. The molecule has 0 radical (unpaired) electrons. The third-order valence-electron chi connectivity index (χ3n) is 4.24. The first kappa shape index (κ1) is 10.1. The first-order chi connectivity index (χ1) is 5.49. The largest absolute Gasteiger partial charge is 0.0651 e. The highest BCUT2D eigenvalue weighted by Crippen LogP contribution is 2.50. The van der Waals surface area contributed by atoms with Crippen molar-refractivity contribution in [2.45, 2.75) is 53.9 Å². The van der Waals surface area contributed by atoms with Crippen LogP contribution < -0.4 is 0 Å². The average molecular weight is 168 g/mol. The van der Waals surface area contributed by atoms with Gasteiger partial charge in [-0.15, -0.1) is 0 Å². The molecule has 0 N–H and O–H groups in total. The second-order valence-electron chi connectivity index (χ2n) is 5.36.